The fraction of sp³-hybridized carbons (Fsp3) is 0.167. The number of nitrogens with zero attached hydrogens (tertiary/aromatic N) is 4. The van der Waals surface area contributed by atoms with E-state index < -0.39 is 5.97 Å². The fourth-order valence-electron chi connectivity index (χ4n) is 1.75. The van der Waals surface area contributed by atoms with Gasteiger partial charge in [-0.1, -0.05) is 17.3 Å². The molecule has 2 heterocycles. The number of carboxylic acids is 1. The van der Waals surface area contributed by atoms with Crippen LogP contribution in [0.25, 0.3) is 11.1 Å². The summed E-state index contributed by atoms with van der Waals surface area (Å²) in [7, 11) is 0. The lowest BCUT2D eigenvalue weighted by atomic mass is 10.3. The van der Waals surface area contributed by atoms with Crippen molar-refractivity contribution in [2.75, 3.05) is 5.32 Å². The van der Waals surface area contributed by atoms with E-state index in [1.165, 1.54) is 4.68 Å². The van der Waals surface area contributed by atoms with Crippen molar-refractivity contribution >= 4 is 23.1 Å². The molecule has 2 aromatic heterocycles. The van der Waals surface area contributed by atoms with E-state index >= 15 is 0 Å². The van der Waals surface area contributed by atoms with E-state index in [-0.39, 0.29) is 6.54 Å². The number of benzene rings is 1. The molecule has 0 aliphatic carbocycles. The Balaban J connectivity index is 1.66. The Morgan fingerprint density at radius 1 is 1.40 bits per heavy atom. The first kappa shape index (κ1) is 12.2. The van der Waals surface area contributed by atoms with Crippen LogP contribution >= 0.6 is 0 Å². The number of hydrogen-bond acceptors (Lipinski definition) is 6. The Kier molecular flexibility index (Phi) is 3.04. The van der Waals surface area contributed by atoms with E-state index in [4.69, 9.17) is 9.52 Å². The highest BCUT2D eigenvalue weighted by Gasteiger charge is 2.07. The molecule has 0 radical (unpaired) electrons. The van der Waals surface area contributed by atoms with Gasteiger partial charge in [-0.05, 0) is 12.1 Å². The lowest BCUT2D eigenvalue weighted by Crippen LogP contribution is -2.09. The van der Waals surface area contributed by atoms with Crippen molar-refractivity contribution in [3.8, 4) is 0 Å². The van der Waals surface area contributed by atoms with Gasteiger partial charge in [-0.15, -0.1) is 5.10 Å². The van der Waals surface area contributed by atoms with Gasteiger partial charge in [-0.3, -0.25) is 4.79 Å². The summed E-state index contributed by atoms with van der Waals surface area (Å²) in [5.74, 6) is -0.964. The van der Waals surface area contributed by atoms with Gasteiger partial charge in [0, 0.05) is 0 Å². The molecule has 0 bridgehead atoms. The molecule has 3 rings (SSSR count). The number of anilines is 1. The predicted molar refractivity (Wildman–Crippen MR) is 69.0 cm³/mol. The van der Waals surface area contributed by atoms with Gasteiger partial charge < -0.3 is 14.8 Å². The molecular weight excluding hydrogens is 262 g/mol. The first-order valence-corrected chi connectivity index (χ1v) is 5.91. The number of fused-ring (bicyclic) bond motifs is 1. The van der Waals surface area contributed by atoms with Crippen molar-refractivity contribution in [3.05, 3.63) is 36.2 Å². The minimum Gasteiger partial charge on any atom is -0.480 e. The number of hydrogen-bond donors (Lipinski definition) is 2. The second-order valence-electron chi connectivity index (χ2n) is 4.14. The molecule has 0 amide bonds. The number of carboxylic acid groups (broad SMARTS) is 1. The van der Waals surface area contributed by atoms with Crippen LogP contribution in [-0.4, -0.2) is 31.1 Å². The van der Waals surface area contributed by atoms with Crippen molar-refractivity contribution in [2.45, 2.75) is 13.1 Å². The largest absolute Gasteiger partial charge is 0.480 e. The summed E-state index contributed by atoms with van der Waals surface area (Å²) in [6, 6.07) is 7.82. The lowest BCUT2D eigenvalue weighted by Gasteiger charge is -1.96. The summed E-state index contributed by atoms with van der Waals surface area (Å²) in [5.41, 5.74) is 2.07. The molecule has 0 atom stereocenters. The van der Waals surface area contributed by atoms with Crippen LogP contribution in [0.4, 0.5) is 6.01 Å². The number of aromatic nitrogens is 4. The molecule has 8 nitrogen and oxygen atoms in total. The highest BCUT2D eigenvalue weighted by Crippen LogP contribution is 2.18. The van der Waals surface area contributed by atoms with Crippen LogP contribution in [0.3, 0.4) is 0 Å². The molecule has 0 saturated carbocycles. The number of para-hydroxylation sites is 2. The second-order valence-corrected chi connectivity index (χ2v) is 4.14. The van der Waals surface area contributed by atoms with Gasteiger partial charge in [0.1, 0.15) is 17.8 Å². The fourth-order valence-corrected chi connectivity index (χ4v) is 1.75. The van der Waals surface area contributed by atoms with E-state index in [2.05, 4.69) is 20.6 Å². The molecule has 3 aromatic rings. The Hall–Kier alpha value is -2.90. The first-order valence-electron chi connectivity index (χ1n) is 5.91. The Morgan fingerprint density at radius 3 is 3.05 bits per heavy atom. The van der Waals surface area contributed by atoms with E-state index in [9.17, 15) is 4.79 Å². The van der Waals surface area contributed by atoms with Crippen molar-refractivity contribution < 1.29 is 14.3 Å². The normalized spacial score (nSPS) is 10.8. The maximum atomic E-state index is 10.5. The SMILES string of the molecule is O=C(O)Cn1cc(CNc2nc3ccccc3o2)nn1. The molecule has 8 heteroatoms. The molecular formula is C12H11N5O3. The summed E-state index contributed by atoms with van der Waals surface area (Å²) in [5, 5.41) is 19.2. The third-order valence-electron chi connectivity index (χ3n) is 2.60. The molecule has 0 spiro atoms. The molecule has 102 valence electrons. The second kappa shape index (κ2) is 5.00. The average Bonchev–Trinajstić information content (AvgIpc) is 3.01. The van der Waals surface area contributed by atoms with Gasteiger partial charge in [0.2, 0.25) is 0 Å². The maximum Gasteiger partial charge on any atom is 0.325 e. The summed E-state index contributed by atoms with van der Waals surface area (Å²) in [6.45, 7) is 0.141. The molecule has 2 N–H and O–H groups in total. The average molecular weight is 273 g/mol. The van der Waals surface area contributed by atoms with Crippen molar-refractivity contribution in [1.29, 1.82) is 0 Å². The Morgan fingerprint density at radius 2 is 2.25 bits per heavy atom. The summed E-state index contributed by atoms with van der Waals surface area (Å²) >= 11 is 0. The third-order valence-corrected chi connectivity index (χ3v) is 2.60. The zero-order valence-corrected chi connectivity index (χ0v) is 10.4. The van der Waals surface area contributed by atoms with Crippen LogP contribution < -0.4 is 5.32 Å². The van der Waals surface area contributed by atoms with Crippen molar-refractivity contribution in [2.24, 2.45) is 0 Å². The zero-order chi connectivity index (χ0) is 13.9. The van der Waals surface area contributed by atoms with Gasteiger partial charge >= 0.3 is 5.97 Å². The minimum atomic E-state index is -0.964. The molecule has 0 saturated heterocycles. The van der Waals surface area contributed by atoms with Crippen LogP contribution in [0.2, 0.25) is 0 Å². The monoisotopic (exact) mass is 273 g/mol. The maximum absolute atomic E-state index is 10.5. The third kappa shape index (κ3) is 2.58. The number of rotatable bonds is 5. The highest BCUT2D eigenvalue weighted by atomic mass is 16.4. The van der Waals surface area contributed by atoms with Crippen LogP contribution in [0, 0.1) is 0 Å². The molecule has 0 unspecified atom stereocenters. The molecule has 20 heavy (non-hydrogen) atoms. The van der Waals surface area contributed by atoms with Crippen LogP contribution in [0.5, 0.6) is 0 Å². The van der Waals surface area contributed by atoms with Crippen LogP contribution in [0.1, 0.15) is 5.69 Å². The van der Waals surface area contributed by atoms with Crippen LogP contribution in [-0.2, 0) is 17.9 Å². The van der Waals surface area contributed by atoms with Crippen molar-refractivity contribution in [1.82, 2.24) is 20.0 Å². The van der Waals surface area contributed by atoms with Gasteiger partial charge in [0.25, 0.3) is 6.01 Å². The van der Waals surface area contributed by atoms with E-state index in [1.54, 1.807) is 6.20 Å². The topological polar surface area (TPSA) is 106 Å². The number of aliphatic carboxylic acids is 1. The van der Waals surface area contributed by atoms with Crippen LogP contribution in [0.15, 0.2) is 34.9 Å². The van der Waals surface area contributed by atoms with Crippen molar-refractivity contribution in [3.63, 3.8) is 0 Å². The van der Waals surface area contributed by atoms with Gasteiger partial charge in [0.15, 0.2) is 5.58 Å². The number of nitrogens with one attached hydrogen (secondary N) is 1. The summed E-state index contributed by atoms with van der Waals surface area (Å²) in [4.78, 5) is 14.8. The van der Waals surface area contributed by atoms with E-state index in [0.717, 1.165) is 5.52 Å². The predicted octanol–water partition coefficient (Wildman–Crippen LogP) is 1.12. The lowest BCUT2D eigenvalue weighted by molar-refractivity contribution is -0.137. The van der Waals surface area contributed by atoms with Gasteiger partial charge in [0.05, 0.1) is 12.7 Å². The van der Waals surface area contributed by atoms with Gasteiger partial charge in [-0.25, -0.2) is 4.68 Å². The Bertz CT molecular complexity index is 715. The first-order chi connectivity index (χ1) is 9.70. The standard InChI is InChI=1S/C12H11N5O3/c18-11(19)7-17-6-8(15-16-17)5-13-12-14-9-3-1-2-4-10(9)20-12/h1-4,6H,5,7H2,(H,13,14)(H,18,19). The molecule has 0 aliphatic rings. The Labute approximate surface area is 113 Å². The zero-order valence-electron chi connectivity index (χ0n) is 10.4. The smallest absolute Gasteiger partial charge is 0.325 e. The summed E-state index contributed by atoms with van der Waals surface area (Å²) in [6.07, 6.45) is 1.56. The summed E-state index contributed by atoms with van der Waals surface area (Å²) < 4.78 is 6.75. The molecule has 0 aliphatic heterocycles. The minimum absolute atomic E-state index is 0.212. The number of oxazole rings is 1. The highest BCUT2D eigenvalue weighted by molar-refractivity contribution is 5.74. The van der Waals surface area contributed by atoms with Gasteiger partial charge in [-0.2, -0.15) is 4.98 Å². The number of carbonyl (C=O) groups is 1. The molecule has 0 fully saturated rings. The quantitative estimate of drug-likeness (QED) is 0.717. The van der Waals surface area contributed by atoms with E-state index in [0.29, 0.717) is 23.8 Å². The van der Waals surface area contributed by atoms with E-state index in [1.807, 2.05) is 24.3 Å². The molecule has 1 aromatic carbocycles.